The fourth-order valence-corrected chi connectivity index (χ4v) is 2.38. The molecule has 1 aromatic carbocycles. The summed E-state index contributed by atoms with van der Waals surface area (Å²) in [5.41, 5.74) is 7.76. The smallest absolute Gasteiger partial charge is 0.407 e. The molecule has 1 fully saturated rings. The molecule has 20 heavy (non-hydrogen) atoms. The van der Waals surface area contributed by atoms with Crippen LogP contribution in [-0.4, -0.2) is 38.1 Å². The summed E-state index contributed by atoms with van der Waals surface area (Å²) in [7, 11) is 1.35. The number of alkyl carbamates (subject to hydrolysis) is 1. The third kappa shape index (κ3) is 3.01. The second kappa shape index (κ2) is 5.81. The normalized spacial score (nSPS) is 17.9. The van der Waals surface area contributed by atoms with Crippen molar-refractivity contribution in [2.45, 2.75) is 19.4 Å². The van der Waals surface area contributed by atoms with E-state index in [1.54, 1.807) is 12.1 Å². The van der Waals surface area contributed by atoms with Gasteiger partial charge in [0, 0.05) is 30.0 Å². The SMILES string of the molecule is COC(=O)NC1CCN(c2ccc(N)c(C(C)=O)c2)C1. The maximum Gasteiger partial charge on any atom is 0.407 e. The Balaban J connectivity index is 2.08. The van der Waals surface area contributed by atoms with Gasteiger partial charge in [0.05, 0.1) is 13.2 Å². The Labute approximate surface area is 117 Å². The first-order valence-corrected chi connectivity index (χ1v) is 6.51. The molecule has 1 aromatic rings. The highest BCUT2D eigenvalue weighted by molar-refractivity contribution is 6.00. The Bertz CT molecular complexity index is 530. The van der Waals surface area contributed by atoms with Gasteiger partial charge in [0.15, 0.2) is 5.78 Å². The zero-order chi connectivity index (χ0) is 14.7. The first kappa shape index (κ1) is 14.2. The molecule has 0 radical (unpaired) electrons. The number of hydrogen-bond acceptors (Lipinski definition) is 5. The predicted molar refractivity (Wildman–Crippen MR) is 77.0 cm³/mol. The summed E-state index contributed by atoms with van der Waals surface area (Å²) in [5, 5.41) is 2.78. The van der Waals surface area contributed by atoms with Gasteiger partial charge in [-0.05, 0) is 31.5 Å². The number of nitrogens with two attached hydrogens (primary N) is 1. The molecule has 108 valence electrons. The molecule has 2 rings (SSSR count). The van der Waals surface area contributed by atoms with E-state index in [1.165, 1.54) is 14.0 Å². The van der Waals surface area contributed by atoms with Gasteiger partial charge in [0.25, 0.3) is 0 Å². The van der Waals surface area contributed by atoms with Gasteiger partial charge in [-0.1, -0.05) is 0 Å². The van der Waals surface area contributed by atoms with Crippen molar-refractivity contribution in [3.8, 4) is 0 Å². The van der Waals surface area contributed by atoms with E-state index in [0.717, 1.165) is 18.7 Å². The summed E-state index contributed by atoms with van der Waals surface area (Å²) in [6.07, 6.45) is 0.424. The second-order valence-corrected chi connectivity index (χ2v) is 4.90. The molecule has 1 aliphatic rings. The zero-order valence-electron chi connectivity index (χ0n) is 11.7. The molecule has 0 aliphatic carbocycles. The highest BCUT2D eigenvalue weighted by Crippen LogP contribution is 2.25. The molecular formula is C14H19N3O3. The topological polar surface area (TPSA) is 84.7 Å². The summed E-state index contributed by atoms with van der Waals surface area (Å²) in [6, 6.07) is 5.49. The molecule has 6 heteroatoms. The number of Topliss-reactive ketones (excluding diaryl/α,β-unsaturated/α-hetero) is 1. The van der Waals surface area contributed by atoms with Crippen molar-refractivity contribution in [3.63, 3.8) is 0 Å². The van der Waals surface area contributed by atoms with Crippen molar-refractivity contribution in [1.29, 1.82) is 0 Å². The lowest BCUT2D eigenvalue weighted by molar-refractivity contribution is 0.101. The van der Waals surface area contributed by atoms with Crippen molar-refractivity contribution in [1.82, 2.24) is 5.32 Å². The van der Waals surface area contributed by atoms with E-state index in [4.69, 9.17) is 5.73 Å². The Morgan fingerprint density at radius 2 is 2.20 bits per heavy atom. The van der Waals surface area contributed by atoms with Gasteiger partial charge in [-0.25, -0.2) is 4.79 Å². The molecule has 0 bridgehead atoms. The Hall–Kier alpha value is -2.24. The summed E-state index contributed by atoms with van der Waals surface area (Å²) >= 11 is 0. The average molecular weight is 277 g/mol. The number of rotatable bonds is 3. The Morgan fingerprint density at radius 3 is 2.85 bits per heavy atom. The summed E-state index contributed by atoms with van der Waals surface area (Å²) in [5.74, 6) is -0.0483. The number of hydrogen-bond donors (Lipinski definition) is 2. The van der Waals surface area contributed by atoms with Gasteiger partial charge >= 0.3 is 6.09 Å². The van der Waals surface area contributed by atoms with Crippen LogP contribution in [0.25, 0.3) is 0 Å². The van der Waals surface area contributed by atoms with Crippen LogP contribution in [0.5, 0.6) is 0 Å². The first-order valence-electron chi connectivity index (χ1n) is 6.51. The van der Waals surface area contributed by atoms with Crippen LogP contribution in [0.3, 0.4) is 0 Å². The number of methoxy groups -OCH3 is 1. The van der Waals surface area contributed by atoms with Gasteiger partial charge in [-0.2, -0.15) is 0 Å². The number of carbonyl (C=O) groups excluding carboxylic acids is 2. The monoisotopic (exact) mass is 277 g/mol. The lowest BCUT2D eigenvalue weighted by Gasteiger charge is -2.20. The number of benzene rings is 1. The molecule has 1 saturated heterocycles. The lowest BCUT2D eigenvalue weighted by atomic mass is 10.1. The summed E-state index contributed by atoms with van der Waals surface area (Å²) in [6.45, 7) is 3.01. The fourth-order valence-electron chi connectivity index (χ4n) is 2.38. The molecule has 6 nitrogen and oxygen atoms in total. The highest BCUT2D eigenvalue weighted by Gasteiger charge is 2.24. The highest BCUT2D eigenvalue weighted by atomic mass is 16.5. The number of carbonyl (C=O) groups is 2. The molecule has 1 aliphatic heterocycles. The first-order chi connectivity index (χ1) is 9.51. The van der Waals surface area contributed by atoms with Crippen molar-refractivity contribution in [2.75, 3.05) is 30.8 Å². The van der Waals surface area contributed by atoms with E-state index in [-0.39, 0.29) is 11.8 Å². The minimum Gasteiger partial charge on any atom is -0.453 e. The average Bonchev–Trinajstić information content (AvgIpc) is 2.87. The van der Waals surface area contributed by atoms with E-state index in [1.807, 2.05) is 6.07 Å². The van der Waals surface area contributed by atoms with Crippen molar-refractivity contribution >= 4 is 23.3 Å². The molecule has 3 N–H and O–H groups in total. The maximum atomic E-state index is 11.5. The largest absolute Gasteiger partial charge is 0.453 e. The van der Waals surface area contributed by atoms with E-state index in [0.29, 0.717) is 17.8 Å². The van der Waals surface area contributed by atoms with Crippen LogP contribution >= 0.6 is 0 Å². The Kier molecular flexibility index (Phi) is 4.12. The molecular weight excluding hydrogens is 258 g/mol. The van der Waals surface area contributed by atoms with Gasteiger partial charge in [0.1, 0.15) is 0 Å². The van der Waals surface area contributed by atoms with Gasteiger partial charge < -0.3 is 20.7 Å². The second-order valence-electron chi connectivity index (χ2n) is 4.90. The number of nitrogens with zero attached hydrogens (tertiary/aromatic N) is 1. The van der Waals surface area contributed by atoms with Crippen molar-refractivity contribution in [2.24, 2.45) is 0 Å². The third-order valence-electron chi connectivity index (χ3n) is 3.48. The minimum absolute atomic E-state index is 0.0483. The number of nitrogen functional groups attached to an aromatic ring is 1. The van der Waals surface area contributed by atoms with Crippen LogP contribution in [0.4, 0.5) is 16.2 Å². The van der Waals surface area contributed by atoms with Crippen molar-refractivity contribution in [3.05, 3.63) is 23.8 Å². The summed E-state index contributed by atoms with van der Waals surface area (Å²) in [4.78, 5) is 24.8. The number of amides is 1. The van der Waals surface area contributed by atoms with Crippen LogP contribution in [-0.2, 0) is 4.74 Å². The van der Waals surface area contributed by atoms with Crippen LogP contribution < -0.4 is 16.0 Å². The summed E-state index contributed by atoms with van der Waals surface area (Å²) < 4.78 is 4.59. The molecule has 0 saturated carbocycles. The van der Waals surface area contributed by atoms with Gasteiger partial charge in [-0.15, -0.1) is 0 Å². The van der Waals surface area contributed by atoms with E-state index in [2.05, 4.69) is 15.0 Å². The van der Waals surface area contributed by atoms with Gasteiger partial charge in [-0.3, -0.25) is 4.79 Å². The van der Waals surface area contributed by atoms with E-state index < -0.39 is 6.09 Å². The predicted octanol–water partition coefficient (Wildman–Crippen LogP) is 1.41. The fraction of sp³-hybridized carbons (Fsp3) is 0.429. The molecule has 1 amide bonds. The van der Waals surface area contributed by atoms with Crippen molar-refractivity contribution < 1.29 is 14.3 Å². The molecule has 1 heterocycles. The standard InChI is InChI=1S/C14H19N3O3/c1-9(18)12-7-11(3-4-13(12)15)17-6-5-10(8-17)16-14(19)20-2/h3-4,7,10H,5-6,8,15H2,1-2H3,(H,16,19). The quantitative estimate of drug-likeness (QED) is 0.644. The van der Waals surface area contributed by atoms with Crippen LogP contribution in [0.2, 0.25) is 0 Å². The van der Waals surface area contributed by atoms with E-state index in [9.17, 15) is 9.59 Å². The molecule has 1 unspecified atom stereocenters. The number of ether oxygens (including phenoxy) is 1. The minimum atomic E-state index is -0.418. The van der Waals surface area contributed by atoms with E-state index >= 15 is 0 Å². The van der Waals surface area contributed by atoms with Crippen LogP contribution in [0.15, 0.2) is 18.2 Å². The zero-order valence-corrected chi connectivity index (χ0v) is 11.7. The number of ketones is 1. The molecule has 0 aromatic heterocycles. The number of anilines is 2. The lowest BCUT2D eigenvalue weighted by Crippen LogP contribution is -2.36. The van der Waals surface area contributed by atoms with Gasteiger partial charge in [0.2, 0.25) is 0 Å². The maximum absolute atomic E-state index is 11.5. The molecule has 0 spiro atoms. The third-order valence-corrected chi connectivity index (χ3v) is 3.48. The molecule has 1 atom stereocenters. The Morgan fingerprint density at radius 1 is 1.45 bits per heavy atom. The van der Waals surface area contributed by atoms with Crippen LogP contribution in [0, 0.1) is 0 Å². The number of nitrogens with one attached hydrogen (secondary N) is 1. The van der Waals surface area contributed by atoms with Crippen LogP contribution in [0.1, 0.15) is 23.7 Å².